The first-order valence-corrected chi connectivity index (χ1v) is 4.38. The van der Waals surface area contributed by atoms with Crippen molar-refractivity contribution in [3.05, 3.63) is 0 Å². The Morgan fingerprint density at radius 1 is 1.11 bits per heavy atom. The van der Waals surface area contributed by atoms with Crippen LogP contribution in [-0.4, -0.2) is 5.38 Å². The van der Waals surface area contributed by atoms with Crippen LogP contribution in [0.5, 0.6) is 0 Å². The zero-order valence-electron chi connectivity index (χ0n) is 6.07. The Balaban J connectivity index is 2.32. The van der Waals surface area contributed by atoms with Gasteiger partial charge in [-0.25, -0.2) is 0 Å². The molecule has 0 unspecified atom stereocenters. The molecule has 0 amide bonds. The second-order valence-electron chi connectivity index (χ2n) is 3.13. The summed E-state index contributed by atoms with van der Waals surface area (Å²) < 4.78 is 0. The Kier molecular flexibility index (Phi) is 2.84. The minimum atomic E-state index is 0.465. The fourth-order valence-electron chi connectivity index (χ4n) is 1.45. The maximum Gasteiger partial charge on any atom is 0.0361 e. The molecule has 0 radical (unpaired) electrons. The van der Waals surface area contributed by atoms with Gasteiger partial charge >= 0.3 is 0 Å². The zero-order chi connectivity index (χ0) is 6.69. The van der Waals surface area contributed by atoms with Gasteiger partial charge in [0.05, 0.1) is 0 Å². The first-order valence-electron chi connectivity index (χ1n) is 3.95. The number of halogens is 1. The van der Waals surface area contributed by atoms with E-state index in [1.54, 1.807) is 0 Å². The lowest BCUT2D eigenvalue weighted by Crippen LogP contribution is -2.07. The van der Waals surface area contributed by atoms with Crippen molar-refractivity contribution < 1.29 is 0 Å². The average Bonchev–Trinajstić information content (AvgIpc) is 1.99. The summed E-state index contributed by atoms with van der Waals surface area (Å²) in [6.07, 6.45) is 6.72. The summed E-state index contributed by atoms with van der Waals surface area (Å²) in [5.74, 6) is 0.758. The molecule has 0 N–H and O–H groups in total. The van der Waals surface area contributed by atoms with E-state index in [2.05, 4.69) is 6.92 Å². The fraction of sp³-hybridized carbons (Fsp3) is 1.00. The van der Waals surface area contributed by atoms with E-state index in [0.717, 1.165) is 5.92 Å². The fourth-order valence-corrected chi connectivity index (χ4v) is 1.73. The quantitative estimate of drug-likeness (QED) is 0.364. The van der Waals surface area contributed by atoms with Crippen molar-refractivity contribution in [3.63, 3.8) is 0 Å². The molecular weight excluding hydrogens is 132 g/mol. The van der Waals surface area contributed by atoms with Crippen LogP contribution in [0, 0.1) is 5.92 Å². The standard InChI is InChI=1S/C8H15Cl/c1-7-5-3-2-4-6-8(7)9/h7-8H,2-6H2,1H3/t7-,8-/m0/s1. The highest BCUT2D eigenvalue weighted by atomic mass is 35.5. The van der Waals surface area contributed by atoms with Crippen molar-refractivity contribution >= 4 is 11.6 Å². The maximum atomic E-state index is 6.07. The molecule has 0 nitrogen and oxygen atoms in total. The molecule has 0 bridgehead atoms. The van der Waals surface area contributed by atoms with Crippen molar-refractivity contribution in [1.82, 2.24) is 0 Å². The van der Waals surface area contributed by atoms with E-state index in [9.17, 15) is 0 Å². The predicted octanol–water partition coefficient (Wildman–Crippen LogP) is 3.19. The molecule has 9 heavy (non-hydrogen) atoms. The normalized spacial score (nSPS) is 38.0. The third-order valence-electron chi connectivity index (χ3n) is 2.26. The first-order chi connectivity index (χ1) is 4.30. The van der Waals surface area contributed by atoms with E-state index < -0.39 is 0 Å². The molecule has 1 aliphatic carbocycles. The van der Waals surface area contributed by atoms with E-state index in [0.29, 0.717) is 5.38 Å². The summed E-state index contributed by atoms with van der Waals surface area (Å²) in [6, 6.07) is 0. The van der Waals surface area contributed by atoms with E-state index in [4.69, 9.17) is 11.6 Å². The number of alkyl halides is 1. The first kappa shape index (κ1) is 7.40. The van der Waals surface area contributed by atoms with Crippen LogP contribution in [0.1, 0.15) is 39.0 Å². The Morgan fingerprint density at radius 3 is 2.56 bits per heavy atom. The highest BCUT2D eigenvalue weighted by molar-refractivity contribution is 6.20. The molecule has 0 heterocycles. The lowest BCUT2D eigenvalue weighted by molar-refractivity contribution is 0.512. The summed E-state index contributed by atoms with van der Waals surface area (Å²) in [5, 5.41) is 0.465. The Bertz CT molecular complexity index is 70.6. The summed E-state index contributed by atoms with van der Waals surface area (Å²) >= 11 is 6.07. The zero-order valence-corrected chi connectivity index (χ0v) is 6.82. The number of rotatable bonds is 0. The van der Waals surface area contributed by atoms with Crippen LogP contribution in [-0.2, 0) is 0 Å². The molecule has 0 aliphatic heterocycles. The van der Waals surface area contributed by atoms with Gasteiger partial charge in [-0.15, -0.1) is 11.6 Å². The molecule has 0 spiro atoms. The molecule has 0 aromatic heterocycles. The lowest BCUT2D eigenvalue weighted by atomic mass is 10.0. The Labute approximate surface area is 62.6 Å². The SMILES string of the molecule is C[C@H]1CCCCC[C@@H]1Cl. The second-order valence-corrected chi connectivity index (χ2v) is 3.69. The third-order valence-corrected chi connectivity index (χ3v) is 2.91. The van der Waals surface area contributed by atoms with Crippen LogP contribution in [0.2, 0.25) is 0 Å². The van der Waals surface area contributed by atoms with Gasteiger partial charge in [-0.3, -0.25) is 0 Å². The smallest absolute Gasteiger partial charge is 0.0361 e. The Hall–Kier alpha value is 0.290. The van der Waals surface area contributed by atoms with Crippen molar-refractivity contribution in [2.45, 2.75) is 44.4 Å². The molecule has 1 fully saturated rings. The molecule has 1 rings (SSSR count). The maximum absolute atomic E-state index is 6.07. The Morgan fingerprint density at radius 2 is 1.78 bits per heavy atom. The average molecular weight is 147 g/mol. The van der Waals surface area contributed by atoms with E-state index >= 15 is 0 Å². The van der Waals surface area contributed by atoms with Gasteiger partial charge in [0.2, 0.25) is 0 Å². The van der Waals surface area contributed by atoms with Gasteiger partial charge in [-0.1, -0.05) is 26.2 Å². The van der Waals surface area contributed by atoms with Crippen LogP contribution >= 0.6 is 11.6 Å². The third kappa shape index (κ3) is 2.17. The van der Waals surface area contributed by atoms with Crippen LogP contribution in [0.4, 0.5) is 0 Å². The van der Waals surface area contributed by atoms with Gasteiger partial charge in [-0.05, 0) is 18.8 Å². The molecule has 0 aromatic carbocycles. The second kappa shape index (κ2) is 3.46. The van der Waals surface area contributed by atoms with E-state index in [1.807, 2.05) is 0 Å². The molecule has 54 valence electrons. The van der Waals surface area contributed by atoms with Gasteiger partial charge in [-0.2, -0.15) is 0 Å². The minimum absolute atomic E-state index is 0.465. The van der Waals surface area contributed by atoms with Gasteiger partial charge < -0.3 is 0 Å². The largest absolute Gasteiger partial charge is 0.123 e. The van der Waals surface area contributed by atoms with Crippen LogP contribution in [0.15, 0.2) is 0 Å². The van der Waals surface area contributed by atoms with Crippen LogP contribution in [0.3, 0.4) is 0 Å². The highest BCUT2D eigenvalue weighted by Gasteiger charge is 2.16. The molecule has 1 aliphatic rings. The van der Waals surface area contributed by atoms with Gasteiger partial charge in [0.15, 0.2) is 0 Å². The summed E-state index contributed by atoms with van der Waals surface area (Å²) in [5.41, 5.74) is 0. The van der Waals surface area contributed by atoms with Gasteiger partial charge in [0.1, 0.15) is 0 Å². The minimum Gasteiger partial charge on any atom is -0.123 e. The molecule has 2 atom stereocenters. The van der Waals surface area contributed by atoms with Crippen LogP contribution < -0.4 is 0 Å². The van der Waals surface area contributed by atoms with Crippen molar-refractivity contribution in [2.75, 3.05) is 0 Å². The highest BCUT2D eigenvalue weighted by Crippen LogP contribution is 2.26. The monoisotopic (exact) mass is 146 g/mol. The molecule has 1 saturated carbocycles. The topological polar surface area (TPSA) is 0 Å². The van der Waals surface area contributed by atoms with Crippen molar-refractivity contribution in [2.24, 2.45) is 5.92 Å². The molecular formula is C8H15Cl. The van der Waals surface area contributed by atoms with Crippen molar-refractivity contribution in [1.29, 1.82) is 0 Å². The van der Waals surface area contributed by atoms with Gasteiger partial charge in [0.25, 0.3) is 0 Å². The summed E-state index contributed by atoms with van der Waals surface area (Å²) in [6.45, 7) is 2.27. The molecule has 0 saturated heterocycles. The summed E-state index contributed by atoms with van der Waals surface area (Å²) in [4.78, 5) is 0. The lowest BCUT2D eigenvalue weighted by Gasteiger charge is -2.12. The van der Waals surface area contributed by atoms with Crippen molar-refractivity contribution in [3.8, 4) is 0 Å². The number of hydrogen-bond donors (Lipinski definition) is 0. The summed E-state index contributed by atoms with van der Waals surface area (Å²) in [7, 11) is 0. The van der Waals surface area contributed by atoms with E-state index in [1.165, 1.54) is 32.1 Å². The van der Waals surface area contributed by atoms with E-state index in [-0.39, 0.29) is 0 Å². The molecule has 0 aromatic rings. The number of hydrogen-bond acceptors (Lipinski definition) is 0. The molecule has 1 heteroatoms. The van der Waals surface area contributed by atoms with Crippen LogP contribution in [0.25, 0.3) is 0 Å². The predicted molar refractivity (Wildman–Crippen MR) is 41.9 cm³/mol. The van der Waals surface area contributed by atoms with Gasteiger partial charge in [0, 0.05) is 5.38 Å².